The summed E-state index contributed by atoms with van der Waals surface area (Å²) in [6.45, 7) is 3.20. The fraction of sp³-hybridized carbons (Fsp3) is 0.474. The number of aryl methyl sites for hydroxylation is 1. The molecule has 0 N–H and O–H groups in total. The molecule has 0 amide bonds. The summed E-state index contributed by atoms with van der Waals surface area (Å²) in [6, 6.07) is 6.64. The van der Waals surface area contributed by atoms with Gasteiger partial charge in [0.15, 0.2) is 5.78 Å². The molecule has 0 spiro atoms. The Bertz CT molecular complexity index is 728. The summed E-state index contributed by atoms with van der Waals surface area (Å²) in [7, 11) is 0. The molecule has 1 atom stereocenters. The largest absolute Gasteiger partial charge is 0.416 e. The normalized spacial score (nSPS) is 18.8. The van der Waals surface area contributed by atoms with Gasteiger partial charge in [0, 0.05) is 37.0 Å². The summed E-state index contributed by atoms with van der Waals surface area (Å²) in [5.41, 5.74) is -0.613. The number of ketones is 1. The maximum atomic E-state index is 12.9. The van der Waals surface area contributed by atoms with Gasteiger partial charge < -0.3 is 4.90 Å². The van der Waals surface area contributed by atoms with Crippen LogP contribution in [0.4, 0.5) is 13.2 Å². The molecule has 0 aliphatic carbocycles. The molecule has 2 heterocycles. The molecule has 1 aliphatic heterocycles. The molecule has 0 unspecified atom stereocenters. The topological polar surface area (TPSA) is 38.1 Å². The van der Waals surface area contributed by atoms with E-state index < -0.39 is 11.7 Å². The maximum absolute atomic E-state index is 12.9. The number of aromatic nitrogens is 2. The van der Waals surface area contributed by atoms with E-state index in [-0.39, 0.29) is 17.3 Å². The van der Waals surface area contributed by atoms with Gasteiger partial charge in [-0.25, -0.2) is 0 Å². The zero-order valence-corrected chi connectivity index (χ0v) is 14.5. The quantitative estimate of drug-likeness (QED) is 0.729. The van der Waals surface area contributed by atoms with E-state index in [4.69, 9.17) is 0 Å². The molecule has 1 aromatic heterocycles. The van der Waals surface area contributed by atoms with Crippen LogP contribution in [0.2, 0.25) is 0 Å². The first-order chi connectivity index (χ1) is 12.4. The Morgan fingerprint density at radius 3 is 2.81 bits per heavy atom. The van der Waals surface area contributed by atoms with Crippen LogP contribution in [-0.2, 0) is 12.7 Å². The third-order valence-electron chi connectivity index (χ3n) is 4.77. The Labute approximate surface area is 150 Å². The molecule has 0 bridgehead atoms. The lowest BCUT2D eigenvalue weighted by Crippen LogP contribution is -2.39. The molecule has 26 heavy (non-hydrogen) atoms. The first kappa shape index (κ1) is 18.6. The van der Waals surface area contributed by atoms with E-state index in [0.29, 0.717) is 6.54 Å². The van der Waals surface area contributed by atoms with E-state index in [2.05, 4.69) is 10.00 Å². The third kappa shape index (κ3) is 4.72. The fourth-order valence-electron chi connectivity index (χ4n) is 3.45. The Kier molecular flexibility index (Phi) is 5.76. The molecular weight excluding hydrogens is 343 g/mol. The van der Waals surface area contributed by atoms with Crippen molar-refractivity contribution in [3.8, 4) is 0 Å². The monoisotopic (exact) mass is 365 g/mol. The lowest BCUT2D eigenvalue weighted by molar-refractivity contribution is -0.137. The molecule has 0 saturated carbocycles. The summed E-state index contributed by atoms with van der Waals surface area (Å²) < 4.78 is 40.5. The lowest BCUT2D eigenvalue weighted by Gasteiger charge is -2.32. The number of rotatable bonds is 6. The van der Waals surface area contributed by atoms with Gasteiger partial charge in [0.25, 0.3) is 0 Å². The van der Waals surface area contributed by atoms with Crippen molar-refractivity contribution < 1.29 is 18.0 Å². The van der Waals surface area contributed by atoms with Crippen molar-refractivity contribution in [2.75, 3.05) is 19.6 Å². The van der Waals surface area contributed by atoms with Gasteiger partial charge in [-0.1, -0.05) is 12.1 Å². The average Bonchev–Trinajstić information content (AvgIpc) is 3.14. The second-order valence-electron chi connectivity index (χ2n) is 6.71. The number of likely N-dealkylation sites (tertiary alicyclic amines) is 1. The smallest absolute Gasteiger partial charge is 0.303 e. The SMILES string of the molecule is O=C(c1cccc(C(F)(F)F)c1)[C@H]1CCCN(CCCn2cccn2)C1. The van der Waals surface area contributed by atoms with Crippen LogP contribution in [0.25, 0.3) is 0 Å². The third-order valence-corrected chi connectivity index (χ3v) is 4.77. The van der Waals surface area contributed by atoms with E-state index in [1.54, 1.807) is 6.20 Å². The van der Waals surface area contributed by atoms with E-state index >= 15 is 0 Å². The van der Waals surface area contributed by atoms with Crippen LogP contribution < -0.4 is 0 Å². The molecule has 1 aliphatic rings. The molecule has 1 fully saturated rings. The minimum absolute atomic E-state index is 0.156. The zero-order valence-electron chi connectivity index (χ0n) is 14.5. The van der Waals surface area contributed by atoms with Crippen molar-refractivity contribution >= 4 is 5.78 Å². The van der Waals surface area contributed by atoms with Gasteiger partial charge in [0.05, 0.1) is 5.56 Å². The van der Waals surface area contributed by atoms with Gasteiger partial charge in [0.1, 0.15) is 0 Å². The summed E-state index contributed by atoms with van der Waals surface area (Å²) >= 11 is 0. The fourth-order valence-corrected chi connectivity index (χ4v) is 3.45. The van der Waals surface area contributed by atoms with Crippen LogP contribution >= 0.6 is 0 Å². The molecule has 4 nitrogen and oxygen atoms in total. The zero-order chi connectivity index (χ0) is 18.6. The van der Waals surface area contributed by atoms with Gasteiger partial charge in [-0.15, -0.1) is 0 Å². The van der Waals surface area contributed by atoms with Crippen molar-refractivity contribution in [2.45, 2.75) is 32.0 Å². The van der Waals surface area contributed by atoms with Crippen LogP contribution in [-0.4, -0.2) is 40.1 Å². The number of Topliss-reactive ketones (excluding diaryl/α,β-unsaturated/α-hetero) is 1. The van der Waals surface area contributed by atoms with Crippen molar-refractivity contribution in [3.63, 3.8) is 0 Å². The highest BCUT2D eigenvalue weighted by Crippen LogP contribution is 2.30. The number of nitrogens with zero attached hydrogens (tertiary/aromatic N) is 3. The van der Waals surface area contributed by atoms with Gasteiger partial charge >= 0.3 is 6.18 Å². The van der Waals surface area contributed by atoms with Crippen LogP contribution in [0.1, 0.15) is 35.2 Å². The van der Waals surface area contributed by atoms with Gasteiger partial charge in [-0.3, -0.25) is 9.48 Å². The van der Waals surface area contributed by atoms with Crippen molar-refractivity contribution in [1.29, 1.82) is 0 Å². The van der Waals surface area contributed by atoms with Crippen molar-refractivity contribution in [3.05, 3.63) is 53.9 Å². The van der Waals surface area contributed by atoms with Crippen LogP contribution in [0, 0.1) is 5.92 Å². The van der Waals surface area contributed by atoms with E-state index in [0.717, 1.165) is 51.0 Å². The minimum Gasteiger partial charge on any atom is -0.303 e. The average molecular weight is 365 g/mol. The number of carbonyl (C=O) groups excluding carboxylic acids is 1. The highest BCUT2D eigenvalue weighted by Gasteiger charge is 2.32. The minimum atomic E-state index is -4.43. The number of alkyl halides is 3. The number of carbonyl (C=O) groups is 1. The summed E-state index contributed by atoms with van der Waals surface area (Å²) in [6.07, 6.45) is 1.76. The maximum Gasteiger partial charge on any atom is 0.416 e. The number of halogens is 3. The molecule has 2 aromatic rings. The number of hydrogen-bond acceptors (Lipinski definition) is 3. The van der Waals surface area contributed by atoms with Crippen molar-refractivity contribution in [2.24, 2.45) is 5.92 Å². The summed E-state index contributed by atoms with van der Waals surface area (Å²) in [5, 5.41) is 4.16. The van der Waals surface area contributed by atoms with Crippen molar-refractivity contribution in [1.82, 2.24) is 14.7 Å². The predicted molar refractivity (Wildman–Crippen MR) is 91.8 cm³/mol. The highest BCUT2D eigenvalue weighted by molar-refractivity contribution is 5.98. The second-order valence-corrected chi connectivity index (χ2v) is 6.71. The molecular formula is C19H22F3N3O. The number of benzene rings is 1. The van der Waals surface area contributed by atoms with E-state index in [1.165, 1.54) is 12.1 Å². The van der Waals surface area contributed by atoms with Crippen LogP contribution in [0.3, 0.4) is 0 Å². The Morgan fingerprint density at radius 1 is 1.23 bits per heavy atom. The summed E-state index contributed by atoms with van der Waals surface area (Å²) in [5.74, 6) is -0.426. The van der Waals surface area contributed by atoms with Gasteiger partial charge in [-0.2, -0.15) is 18.3 Å². The van der Waals surface area contributed by atoms with Gasteiger partial charge in [0.2, 0.25) is 0 Å². The van der Waals surface area contributed by atoms with Crippen LogP contribution in [0.15, 0.2) is 42.7 Å². The first-order valence-electron chi connectivity index (χ1n) is 8.85. The first-order valence-corrected chi connectivity index (χ1v) is 8.85. The molecule has 0 radical (unpaired) electrons. The Balaban J connectivity index is 1.57. The number of hydrogen-bond donors (Lipinski definition) is 0. The molecule has 1 saturated heterocycles. The Hall–Kier alpha value is -2.15. The Morgan fingerprint density at radius 2 is 2.08 bits per heavy atom. The molecule has 3 rings (SSSR count). The highest BCUT2D eigenvalue weighted by atomic mass is 19.4. The van der Waals surface area contributed by atoms with Crippen LogP contribution in [0.5, 0.6) is 0 Å². The van der Waals surface area contributed by atoms with E-state index in [9.17, 15) is 18.0 Å². The molecule has 7 heteroatoms. The standard InChI is InChI=1S/C19H22F3N3O/c20-19(21,22)17-7-1-5-15(13-17)18(26)16-6-2-9-24(14-16)10-4-12-25-11-3-8-23-25/h1,3,5,7-8,11,13,16H,2,4,6,9-10,12,14H2/t16-/m0/s1. The number of piperidine rings is 1. The predicted octanol–water partition coefficient (Wildman–Crippen LogP) is 3.89. The molecule has 140 valence electrons. The molecule has 1 aromatic carbocycles. The second kappa shape index (κ2) is 8.03. The lowest BCUT2D eigenvalue weighted by atomic mass is 9.89. The summed E-state index contributed by atoms with van der Waals surface area (Å²) in [4.78, 5) is 14.9. The van der Waals surface area contributed by atoms with Gasteiger partial charge in [-0.05, 0) is 50.6 Å². The van der Waals surface area contributed by atoms with E-state index in [1.807, 2.05) is 16.9 Å².